The Kier molecular flexibility index (Phi) is 5.07. The van der Waals surface area contributed by atoms with Crippen LogP contribution in [0.1, 0.15) is 11.1 Å². The van der Waals surface area contributed by atoms with Gasteiger partial charge in [-0.1, -0.05) is 0 Å². The van der Waals surface area contributed by atoms with Crippen LogP contribution in [-0.2, 0) is 13.2 Å². The van der Waals surface area contributed by atoms with Crippen LogP contribution in [0.3, 0.4) is 0 Å². The molecule has 0 heterocycles. The zero-order chi connectivity index (χ0) is 10.9. The Morgan fingerprint density at radius 1 is 0.643 bits per heavy atom. The number of rotatable bonds is 2. The Hall–Kier alpha value is 1.06. The van der Waals surface area contributed by atoms with Crippen LogP contribution in [0.2, 0.25) is 0 Å². The average molecular weight is 454 g/mol. The molecule has 0 bridgehead atoms. The van der Waals surface area contributed by atoms with Gasteiger partial charge in [-0.2, -0.15) is 0 Å². The predicted octanol–water partition coefficient (Wildman–Crippen LogP) is 3.72. The molecule has 0 aliphatic heterocycles. The highest BCUT2D eigenvalue weighted by Gasteiger charge is 2.17. The molecule has 0 aromatic heterocycles. The topological polar surface area (TPSA) is 40.5 Å². The highest BCUT2D eigenvalue weighted by atomic mass is 79.9. The largest absolute Gasteiger partial charge is 0.392 e. The first-order valence-electron chi connectivity index (χ1n) is 3.60. The van der Waals surface area contributed by atoms with Gasteiger partial charge in [-0.05, 0) is 63.7 Å². The van der Waals surface area contributed by atoms with E-state index < -0.39 is 0 Å². The zero-order valence-electron chi connectivity index (χ0n) is 6.82. The molecule has 0 amide bonds. The molecule has 14 heavy (non-hydrogen) atoms. The molecule has 0 saturated heterocycles. The maximum Gasteiger partial charge on any atom is 0.0704 e. The average Bonchev–Trinajstić information content (AvgIpc) is 2.17. The first-order chi connectivity index (χ1) is 6.54. The van der Waals surface area contributed by atoms with Crippen molar-refractivity contribution in [1.29, 1.82) is 0 Å². The molecule has 0 aliphatic carbocycles. The van der Waals surface area contributed by atoms with Gasteiger partial charge in [-0.3, -0.25) is 0 Å². The third-order valence-electron chi connectivity index (χ3n) is 1.76. The van der Waals surface area contributed by atoms with Gasteiger partial charge in [-0.15, -0.1) is 0 Å². The number of benzene rings is 1. The monoisotopic (exact) mass is 450 g/mol. The number of aliphatic hydroxyl groups excluding tert-OH is 2. The Morgan fingerprint density at radius 2 is 0.857 bits per heavy atom. The summed E-state index contributed by atoms with van der Waals surface area (Å²) in [6, 6.07) is 0. The molecule has 0 atom stereocenters. The Labute approximate surface area is 115 Å². The van der Waals surface area contributed by atoms with Crippen molar-refractivity contribution in [2.45, 2.75) is 13.2 Å². The summed E-state index contributed by atoms with van der Waals surface area (Å²) < 4.78 is 3.00. The Morgan fingerprint density at radius 3 is 1.00 bits per heavy atom. The van der Waals surface area contributed by atoms with Gasteiger partial charge in [0.15, 0.2) is 0 Å². The van der Waals surface area contributed by atoms with E-state index in [0.29, 0.717) is 0 Å². The van der Waals surface area contributed by atoms with Gasteiger partial charge in [0.1, 0.15) is 0 Å². The van der Waals surface area contributed by atoms with Crippen LogP contribution in [0.25, 0.3) is 0 Å². The number of hydrogen-bond donors (Lipinski definition) is 2. The van der Waals surface area contributed by atoms with Crippen molar-refractivity contribution in [1.82, 2.24) is 0 Å². The van der Waals surface area contributed by atoms with E-state index in [4.69, 9.17) is 10.2 Å². The summed E-state index contributed by atoms with van der Waals surface area (Å²) in [6.45, 7) is -0.159. The van der Waals surface area contributed by atoms with Crippen LogP contribution in [0.5, 0.6) is 0 Å². The quantitative estimate of drug-likeness (QED) is 0.670. The first kappa shape index (κ1) is 13.1. The van der Waals surface area contributed by atoms with Crippen LogP contribution >= 0.6 is 63.7 Å². The van der Waals surface area contributed by atoms with E-state index >= 15 is 0 Å². The van der Waals surface area contributed by atoms with Crippen LogP contribution in [-0.4, -0.2) is 10.2 Å². The second kappa shape index (κ2) is 5.41. The lowest BCUT2D eigenvalue weighted by atomic mass is 10.1. The van der Waals surface area contributed by atoms with Gasteiger partial charge in [0.2, 0.25) is 0 Å². The number of aliphatic hydroxyl groups is 2. The van der Waals surface area contributed by atoms with Gasteiger partial charge in [0, 0.05) is 29.0 Å². The summed E-state index contributed by atoms with van der Waals surface area (Å²) in [6.07, 6.45) is 0. The smallest absolute Gasteiger partial charge is 0.0704 e. The van der Waals surface area contributed by atoms with E-state index in [0.717, 1.165) is 29.0 Å². The van der Waals surface area contributed by atoms with Crippen molar-refractivity contribution in [3.05, 3.63) is 29.0 Å². The summed E-state index contributed by atoms with van der Waals surface area (Å²) in [7, 11) is 0. The van der Waals surface area contributed by atoms with Crippen molar-refractivity contribution in [2.24, 2.45) is 0 Å². The van der Waals surface area contributed by atoms with E-state index in [1.807, 2.05) is 0 Å². The highest BCUT2D eigenvalue weighted by Crippen LogP contribution is 2.41. The minimum Gasteiger partial charge on any atom is -0.392 e. The molecular weight excluding hydrogens is 448 g/mol. The molecule has 1 rings (SSSR count). The van der Waals surface area contributed by atoms with Gasteiger partial charge in [-0.25, -0.2) is 0 Å². The molecule has 0 spiro atoms. The summed E-state index contributed by atoms with van der Waals surface area (Å²) in [4.78, 5) is 0. The minimum atomic E-state index is -0.0793. The molecule has 0 fully saturated rings. The molecule has 0 aliphatic rings. The van der Waals surface area contributed by atoms with Crippen LogP contribution in [0.15, 0.2) is 17.9 Å². The molecule has 78 valence electrons. The fourth-order valence-electron chi connectivity index (χ4n) is 1.00. The van der Waals surface area contributed by atoms with Crippen LogP contribution < -0.4 is 0 Å². The van der Waals surface area contributed by atoms with Crippen LogP contribution in [0, 0.1) is 0 Å². The number of hydrogen-bond acceptors (Lipinski definition) is 2. The van der Waals surface area contributed by atoms with Crippen LogP contribution in [0.4, 0.5) is 0 Å². The molecular formula is C8H6Br4O2. The fourth-order valence-corrected chi connectivity index (χ4v) is 3.78. The van der Waals surface area contributed by atoms with Gasteiger partial charge < -0.3 is 10.2 Å². The second-order valence-corrected chi connectivity index (χ2v) is 5.70. The lowest BCUT2D eigenvalue weighted by molar-refractivity contribution is 0.275. The molecule has 0 saturated carbocycles. The molecule has 1 aromatic rings. The molecule has 0 radical (unpaired) electrons. The Balaban J connectivity index is 3.55. The lowest BCUT2D eigenvalue weighted by Gasteiger charge is -2.13. The van der Waals surface area contributed by atoms with Crippen molar-refractivity contribution in [3.63, 3.8) is 0 Å². The summed E-state index contributed by atoms with van der Waals surface area (Å²) in [5.74, 6) is 0. The number of halogens is 4. The maximum atomic E-state index is 9.15. The van der Waals surface area contributed by atoms with Gasteiger partial charge >= 0.3 is 0 Å². The van der Waals surface area contributed by atoms with E-state index in [9.17, 15) is 0 Å². The highest BCUT2D eigenvalue weighted by molar-refractivity contribution is 9.14. The van der Waals surface area contributed by atoms with Gasteiger partial charge in [0.05, 0.1) is 13.2 Å². The lowest BCUT2D eigenvalue weighted by Crippen LogP contribution is -1.96. The second-order valence-electron chi connectivity index (χ2n) is 2.53. The zero-order valence-corrected chi connectivity index (χ0v) is 13.2. The molecule has 1 aromatic carbocycles. The van der Waals surface area contributed by atoms with E-state index in [1.165, 1.54) is 0 Å². The molecule has 2 N–H and O–H groups in total. The fraction of sp³-hybridized carbons (Fsp3) is 0.250. The molecule has 2 nitrogen and oxygen atoms in total. The molecule has 0 unspecified atom stereocenters. The maximum absolute atomic E-state index is 9.15. The summed E-state index contributed by atoms with van der Waals surface area (Å²) in [5, 5.41) is 18.3. The molecule has 6 heteroatoms. The normalized spacial score (nSPS) is 10.7. The minimum absolute atomic E-state index is 0.0793. The predicted molar refractivity (Wildman–Crippen MR) is 69.1 cm³/mol. The van der Waals surface area contributed by atoms with Crippen molar-refractivity contribution in [2.75, 3.05) is 0 Å². The van der Waals surface area contributed by atoms with E-state index in [-0.39, 0.29) is 13.2 Å². The van der Waals surface area contributed by atoms with Crippen molar-refractivity contribution < 1.29 is 10.2 Å². The van der Waals surface area contributed by atoms with E-state index in [2.05, 4.69) is 63.7 Å². The summed E-state index contributed by atoms with van der Waals surface area (Å²) >= 11 is 13.4. The standard InChI is InChI=1S/C8H6Br4O2/c9-5-3(1-13)6(10)8(12)4(2-14)7(5)11/h13-14H,1-2H2. The third-order valence-corrected chi connectivity index (χ3v) is 6.33. The SMILES string of the molecule is OCc1c(Br)c(Br)c(CO)c(Br)c1Br. The van der Waals surface area contributed by atoms with E-state index in [1.54, 1.807) is 0 Å². The van der Waals surface area contributed by atoms with Gasteiger partial charge in [0.25, 0.3) is 0 Å². The third kappa shape index (κ3) is 2.25. The first-order valence-corrected chi connectivity index (χ1v) is 6.77. The Bertz CT molecular complexity index is 301. The van der Waals surface area contributed by atoms with Crippen molar-refractivity contribution in [3.8, 4) is 0 Å². The summed E-state index contributed by atoms with van der Waals surface area (Å²) in [5.41, 5.74) is 1.47. The van der Waals surface area contributed by atoms with Crippen molar-refractivity contribution >= 4 is 63.7 Å².